The number of fused-ring (bicyclic) bond motifs is 2. The van der Waals surface area contributed by atoms with Gasteiger partial charge >= 0.3 is 0 Å². The number of benzene rings is 2. The van der Waals surface area contributed by atoms with Crippen LogP contribution in [0.15, 0.2) is 79.1 Å². The van der Waals surface area contributed by atoms with Gasteiger partial charge < -0.3 is 24.6 Å². The van der Waals surface area contributed by atoms with E-state index in [0.717, 1.165) is 48.2 Å². The Hall–Kier alpha value is -5.29. The van der Waals surface area contributed by atoms with Crippen molar-refractivity contribution in [1.29, 1.82) is 0 Å². The normalized spacial score (nSPS) is 14.0. The number of aliphatic hydroxyl groups excluding tert-OH is 1. The first-order valence-electron chi connectivity index (χ1n) is 18.0. The maximum atomic E-state index is 14.6. The molecule has 0 aliphatic carbocycles. The van der Waals surface area contributed by atoms with Gasteiger partial charge in [-0.2, -0.15) is 5.10 Å². The highest BCUT2D eigenvalue weighted by Crippen LogP contribution is 2.29. The highest BCUT2D eigenvalue weighted by atomic mass is 16.3. The summed E-state index contributed by atoms with van der Waals surface area (Å²) in [7, 11) is 0. The predicted octanol–water partition coefficient (Wildman–Crippen LogP) is 6.00. The van der Waals surface area contributed by atoms with Crippen LogP contribution in [-0.2, 0) is 24.2 Å². The standard InChI is InChI=1S/C40H47N7O4/c1-4-6-19-44(20-7-5-2)40(51)35-22-28(3)47(43-35)36-17-15-31(42-38(49)18-16-32-26-45-21-11-10-14-37(45)41-32)24-34(36)39(50)46-25-30-13-9-8-12-29(30)23-33(46)27-48/h8-15,17,21-22,24,26,33,48H,4-7,16,18-20,23,25,27H2,1-3H3,(H,42,49)/t33-/m0/s1. The number of amides is 3. The molecule has 3 aromatic heterocycles. The molecule has 6 rings (SSSR count). The van der Waals surface area contributed by atoms with Crippen molar-refractivity contribution in [3.63, 3.8) is 0 Å². The number of nitrogens with one attached hydrogen (secondary N) is 1. The van der Waals surface area contributed by atoms with Gasteiger partial charge in [-0.05, 0) is 80.1 Å². The van der Waals surface area contributed by atoms with Crippen LogP contribution >= 0.6 is 0 Å². The lowest BCUT2D eigenvalue weighted by molar-refractivity contribution is -0.116. The van der Waals surface area contributed by atoms with Crippen LogP contribution in [0, 0.1) is 6.92 Å². The van der Waals surface area contributed by atoms with Crippen molar-refractivity contribution >= 4 is 29.1 Å². The number of hydrogen-bond acceptors (Lipinski definition) is 6. The van der Waals surface area contributed by atoms with E-state index >= 15 is 0 Å². The molecule has 0 unspecified atom stereocenters. The lowest BCUT2D eigenvalue weighted by Gasteiger charge is -2.36. The molecule has 3 amide bonds. The van der Waals surface area contributed by atoms with Crippen molar-refractivity contribution in [1.82, 2.24) is 29.0 Å². The fourth-order valence-electron chi connectivity index (χ4n) is 6.68. The molecular weight excluding hydrogens is 642 g/mol. The molecule has 0 fully saturated rings. The number of pyridine rings is 1. The Bertz CT molecular complexity index is 1970. The minimum Gasteiger partial charge on any atom is -0.394 e. The molecule has 2 aromatic carbocycles. The zero-order valence-electron chi connectivity index (χ0n) is 29.7. The van der Waals surface area contributed by atoms with Crippen LogP contribution in [0.4, 0.5) is 5.69 Å². The van der Waals surface area contributed by atoms with Gasteiger partial charge in [0.2, 0.25) is 5.91 Å². The molecule has 1 atom stereocenters. The summed E-state index contributed by atoms with van der Waals surface area (Å²) in [6.45, 7) is 7.54. The number of carbonyl (C=O) groups excluding carboxylic acids is 3. The maximum Gasteiger partial charge on any atom is 0.274 e. The van der Waals surface area contributed by atoms with Crippen LogP contribution in [0.1, 0.15) is 89.3 Å². The fourth-order valence-corrected chi connectivity index (χ4v) is 6.68. The first kappa shape index (κ1) is 35.5. The molecule has 0 radical (unpaired) electrons. The van der Waals surface area contributed by atoms with Crippen LogP contribution in [0.25, 0.3) is 11.3 Å². The third kappa shape index (κ3) is 8.04. The van der Waals surface area contributed by atoms with Gasteiger partial charge in [-0.3, -0.25) is 14.4 Å². The lowest BCUT2D eigenvalue weighted by atomic mass is 9.93. The fraction of sp³-hybridized carbons (Fsp3) is 0.375. The first-order valence-corrected chi connectivity index (χ1v) is 18.0. The second-order valence-corrected chi connectivity index (χ2v) is 13.3. The van der Waals surface area contributed by atoms with Crippen molar-refractivity contribution in [3.8, 4) is 5.69 Å². The van der Waals surface area contributed by atoms with Crippen LogP contribution in [0.2, 0.25) is 0 Å². The highest BCUT2D eigenvalue weighted by molar-refractivity contribution is 6.01. The number of rotatable bonds is 14. The van der Waals surface area contributed by atoms with E-state index in [1.807, 2.05) is 71.1 Å². The summed E-state index contributed by atoms with van der Waals surface area (Å²) in [6, 6.07) is 20.2. The van der Waals surface area contributed by atoms with Crippen molar-refractivity contribution < 1.29 is 19.5 Å². The number of aryl methyl sites for hydroxylation is 2. The lowest BCUT2D eigenvalue weighted by Crippen LogP contribution is -2.46. The molecule has 1 aliphatic heterocycles. The smallest absolute Gasteiger partial charge is 0.274 e. The summed E-state index contributed by atoms with van der Waals surface area (Å²) in [6.07, 6.45) is 8.81. The van der Waals surface area contributed by atoms with Crippen molar-refractivity contribution in [3.05, 3.63) is 113 Å². The number of imidazole rings is 1. The number of hydrogen-bond donors (Lipinski definition) is 2. The van der Waals surface area contributed by atoms with Crippen molar-refractivity contribution in [2.45, 2.75) is 78.3 Å². The third-order valence-electron chi connectivity index (χ3n) is 9.54. The molecule has 0 spiro atoms. The van der Waals surface area contributed by atoms with E-state index < -0.39 is 6.04 Å². The summed E-state index contributed by atoms with van der Waals surface area (Å²) in [4.78, 5) is 49.6. The van der Waals surface area contributed by atoms with E-state index in [-0.39, 0.29) is 30.7 Å². The summed E-state index contributed by atoms with van der Waals surface area (Å²) in [5.74, 6) is -0.635. The van der Waals surface area contributed by atoms with Crippen LogP contribution in [-0.4, -0.2) is 77.5 Å². The first-order chi connectivity index (χ1) is 24.8. The van der Waals surface area contributed by atoms with E-state index in [1.165, 1.54) is 0 Å². The molecule has 11 nitrogen and oxygen atoms in total. The maximum absolute atomic E-state index is 14.6. The Kier molecular flexibility index (Phi) is 11.3. The van der Waals surface area contributed by atoms with Gasteiger partial charge in [0.1, 0.15) is 5.65 Å². The van der Waals surface area contributed by atoms with Gasteiger partial charge in [-0.15, -0.1) is 0 Å². The van der Waals surface area contributed by atoms with Crippen LogP contribution in [0.3, 0.4) is 0 Å². The van der Waals surface area contributed by atoms with Gasteiger partial charge in [-0.1, -0.05) is 57.0 Å². The molecule has 4 heterocycles. The van der Waals surface area contributed by atoms with Crippen LogP contribution in [0.5, 0.6) is 0 Å². The Morgan fingerprint density at radius 1 is 0.961 bits per heavy atom. The number of carbonyl (C=O) groups is 3. The SMILES string of the molecule is CCCCN(CCCC)C(=O)c1cc(C)n(-c2ccc(NC(=O)CCc3cn4ccccc4n3)cc2C(=O)N2Cc3ccccc3C[C@H]2CO)n1. The number of aromatic nitrogens is 4. The summed E-state index contributed by atoms with van der Waals surface area (Å²) in [5, 5.41) is 18.1. The summed E-state index contributed by atoms with van der Waals surface area (Å²) < 4.78 is 3.56. The quantitative estimate of drug-likeness (QED) is 0.147. The van der Waals surface area contributed by atoms with Gasteiger partial charge in [0.25, 0.3) is 11.8 Å². The average Bonchev–Trinajstić information content (AvgIpc) is 3.76. The molecule has 0 saturated heterocycles. The predicted molar refractivity (Wildman–Crippen MR) is 197 cm³/mol. The van der Waals surface area contributed by atoms with Gasteiger partial charge in [0, 0.05) is 49.8 Å². The minimum atomic E-state index is -0.425. The minimum absolute atomic E-state index is 0.130. The van der Waals surface area contributed by atoms with E-state index in [0.29, 0.717) is 60.8 Å². The summed E-state index contributed by atoms with van der Waals surface area (Å²) >= 11 is 0. The van der Waals surface area contributed by atoms with Crippen LogP contribution < -0.4 is 5.32 Å². The number of anilines is 1. The largest absolute Gasteiger partial charge is 0.394 e. The molecule has 5 aromatic rings. The van der Waals surface area contributed by atoms with Crippen molar-refractivity contribution in [2.24, 2.45) is 0 Å². The molecule has 266 valence electrons. The number of aliphatic hydroxyl groups is 1. The van der Waals surface area contributed by atoms with Crippen molar-refractivity contribution in [2.75, 3.05) is 25.0 Å². The zero-order chi connectivity index (χ0) is 35.9. The van der Waals surface area contributed by atoms with E-state index in [1.54, 1.807) is 33.8 Å². The second-order valence-electron chi connectivity index (χ2n) is 13.3. The van der Waals surface area contributed by atoms with Gasteiger partial charge in [0.05, 0.1) is 29.6 Å². The van der Waals surface area contributed by atoms with E-state index in [4.69, 9.17) is 5.10 Å². The van der Waals surface area contributed by atoms with E-state index in [9.17, 15) is 19.5 Å². The summed E-state index contributed by atoms with van der Waals surface area (Å²) in [5.41, 5.74) is 6.05. The molecule has 1 aliphatic rings. The monoisotopic (exact) mass is 689 g/mol. The van der Waals surface area contributed by atoms with E-state index in [2.05, 4.69) is 24.1 Å². The topological polar surface area (TPSA) is 125 Å². The van der Waals surface area contributed by atoms with Gasteiger partial charge in [-0.25, -0.2) is 9.67 Å². The Morgan fingerprint density at radius 3 is 2.43 bits per heavy atom. The molecular formula is C40H47N7O4. The zero-order valence-corrected chi connectivity index (χ0v) is 29.7. The Balaban J connectivity index is 1.31. The number of unbranched alkanes of at least 4 members (excludes halogenated alkanes) is 2. The third-order valence-corrected chi connectivity index (χ3v) is 9.54. The Labute approximate surface area is 298 Å². The highest BCUT2D eigenvalue weighted by Gasteiger charge is 2.32. The molecule has 11 heteroatoms. The molecule has 0 saturated carbocycles. The Morgan fingerprint density at radius 2 is 1.71 bits per heavy atom. The van der Waals surface area contributed by atoms with Gasteiger partial charge in [0.15, 0.2) is 5.69 Å². The number of nitrogens with zero attached hydrogens (tertiary/aromatic N) is 6. The molecule has 0 bridgehead atoms. The molecule has 51 heavy (non-hydrogen) atoms. The average molecular weight is 690 g/mol. The molecule has 2 N–H and O–H groups in total. The second kappa shape index (κ2) is 16.2.